The van der Waals surface area contributed by atoms with Crippen molar-refractivity contribution in [3.05, 3.63) is 28.2 Å². The van der Waals surface area contributed by atoms with Gasteiger partial charge in [0.1, 0.15) is 5.01 Å². The lowest BCUT2D eigenvalue weighted by Gasteiger charge is -1.97. The molecule has 0 saturated carbocycles. The Labute approximate surface area is 100 Å². The molecule has 16 heavy (non-hydrogen) atoms. The molecule has 1 aromatic heterocycles. The first-order chi connectivity index (χ1) is 7.61. The summed E-state index contributed by atoms with van der Waals surface area (Å²) >= 11 is 7.09. The molecule has 0 radical (unpaired) electrons. The highest BCUT2D eigenvalue weighted by atomic mass is 35.5. The van der Waals surface area contributed by atoms with Gasteiger partial charge in [-0.1, -0.05) is 11.6 Å². The maximum absolute atomic E-state index is 11.0. The van der Waals surface area contributed by atoms with Crippen LogP contribution in [0, 0.1) is 11.3 Å². The van der Waals surface area contributed by atoms with Crippen molar-refractivity contribution in [3.63, 3.8) is 0 Å². The predicted octanol–water partition coefficient (Wildman–Crippen LogP) is 2.04. The molecule has 0 saturated heterocycles. The second-order valence-electron chi connectivity index (χ2n) is 3.13. The number of hydrogen-bond acceptors (Lipinski definition) is 4. The fraction of sp³-hybridized carbons (Fsp3) is 0.100. The van der Waals surface area contributed by atoms with Gasteiger partial charge in [-0.15, -0.1) is 11.3 Å². The summed E-state index contributed by atoms with van der Waals surface area (Å²) in [6, 6.07) is 7.05. The number of nitrogens with two attached hydrogens (primary N) is 1. The molecule has 0 aliphatic carbocycles. The first kappa shape index (κ1) is 10.9. The minimum absolute atomic E-state index is 0.410. The van der Waals surface area contributed by atoms with Crippen molar-refractivity contribution in [2.75, 3.05) is 0 Å². The van der Waals surface area contributed by atoms with E-state index in [1.165, 1.54) is 11.3 Å². The van der Waals surface area contributed by atoms with Crippen molar-refractivity contribution in [3.8, 4) is 6.07 Å². The number of halogens is 1. The van der Waals surface area contributed by atoms with Crippen molar-refractivity contribution in [2.45, 2.75) is 5.92 Å². The largest absolute Gasteiger partial charge is 0.368 e. The van der Waals surface area contributed by atoms with Gasteiger partial charge in [-0.3, -0.25) is 4.79 Å². The summed E-state index contributed by atoms with van der Waals surface area (Å²) in [6.45, 7) is 0. The van der Waals surface area contributed by atoms with Crippen molar-refractivity contribution in [1.29, 1.82) is 5.26 Å². The maximum atomic E-state index is 11.0. The molecule has 0 bridgehead atoms. The van der Waals surface area contributed by atoms with Gasteiger partial charge < -0.3 is 5.73 Å². The number of amides is 1. The number of primary amides is 1. The van der Waals surface area contributed by atoms with E-state index in [-0.39, 0.29) is 0 Å². The molecule has 1 aromatic carbocycles. The number of thiazole rings is 1. The van der Waals surface area contributed by atoms with Gasteiger partial charge in [0.05, 0.1) is 16.3 Å². The first-order valence-corrected chi connectivity index (χ1v) is 5.56. The smallest absolute Gasteiger partial charge is 0.241 e. The van der Waals surface area contributed by atoms with Crippen LogP contribution in [0.4, 0.5) is 0 Å². The molecule has 0 spiro atoms. The van der Waals surface area contributed by atoms with E-state index in [0.717, 1.165) is 4.70 Å². The topological polar surface area (TPSA) is 79.8 Å². The molecule has 0 aliphatic rings. The number of hydrogen-bond donors (Lipinski definition) is 1. The van der Waals surface area contributed by atoms with Crippen LogP contribution in [-0.4, -0.2) is 10.9 Å². The summed E-state index contributed by atoms with van der Waals surface area (Å²) in [6.07, 6.45) is 0. The third kappa shape index (κ3) is 1.85. The Morgan fingerprint density at radius 1 is 1.62 bits per heavy atom. The van der Waals surface area contributed by atoms with Crippen molar-refractivity contribution in [1.82, 2.24) is 4.98 Å². The number of carbonyl (C=O) groups excluding carboxylic acids is 1. The number of rotatable bonds is 2. The number of aromatic nitrogens is 1. The normalized spacial score (nSPS) is 12.2. The summed E-state index contributed by atoms with van der Waals surface area (Å²) in [5, 5.41) is 9.80. The Morgan fingerprint density at radius 2 is 2.38 bits per heavy atom. The van der Waals surface area contributed by atoms with E-state index in [1.54, 1.807) is 18.2 Å². The third-order valence-electron chi connectivity index (χ3n) is 2.03. The van der Waals surface area contributed by atoms with E-state index in [4.69, 9.17) is 22.6 Å². The quantitative estimate of drug-likeness (QED) is 0.887. The van der Waals surface area contributed by atoms with Crippen LogP contribution in [-0.2, 0) is 4.79 Å². The van der Waals surface area contributed by atoms with Crippen LogP contribution < -0.4 is 5.73 Å². The van der Waals surface area contributed by atoms with Gasteiger partial charge in [0.2, 0.25) is 5.91 Å². The van der Waals surface area contributed by atoms with Crippen LogP contribution in [0.3, 0.4) is 0 Å². The highest BCUT2D eigenvalue weighted by Crippen LogP contribution is 2.28. The molecular formula is C10H6ClN3OS. The lowest BCUT2D eigenvalue weighted by atomic mass is 10.2. The van der Waals surface area contributed by atoms with Crippen LogP contribution in [0.1, 0.15) is 10.9 Å². The van der Waals surface area contributed by atoms with Crippen LogP contribution in [0.15, 0.2) is 18.2 Å². The van der Waals surface area contributed by atoms with E-state index in [1.807, 2.05) is 6.07 Å². The van der Waals surface area contributed by atoms with E-state index >= 15 is 0 Å². The van der Waals surface area contributed by atoms with Gasteiger partial charge in [0.15, 0.2) is 5.92 Å². The van der Waals surface area contributed by atoms with Crippen molar-refractivity contribution >= 4 is 39.1 Å². The zero-order chi connectivity index (χ0) is 11.7. The van der Waals surface area contributed by atoms with Gasteiger partial charge in [0.25, 0.3) is 0 Å². The van der Waals surface area contributed by atoms with E-state index in [9.17, 15) is 4.79 Å². The van der Waals surface area contributed by atoms with Crippen molar-refractivity contribution < 1.29 is 4.79 Å². The van der Waals surface area contributed by atoms with Gasteiger partial charge in [0, 0.05) is 5.02 Å². The van der Waals surface area contributed by atoms with Crippen molar-refractivity contribution in [2.24, 2.45) is 5.73 Å². The van der Waals surface area contributed by atoms with Gasteiger partial charge in [-0.05, 0) is 18.2 Å². The first-order valence-electron chi connectivity index (χ1n) is 4.36. The van der Waals surface area contributed by atoms with Crippen LogP contribution in [0.5, 0.6) is 0 Å². The zero-order valence-corrected chi connectivity index (χ0v) is 9.55. The standard InChI is InChI=1S/C10H6ClN3OS/c11-5-1-2-8-7(3-5)14-10(16-8)6(4-12)9(13)15/h1-3,6H,(H2,13,15)/t6-/m0/s1. The van der Waals surface area contributed by atoms with E-state index in [2.05, 4.69) is 4.98 Å². The minimum Gasteiger partial charge on any atom is -0.368 e. The monoisotopic (exact) mass is 251 g/mol. The summed E-state index contributed by atoms with van der Waals surface area (Å²) in [7, 11) is 0. The highest BCUT2D eigenvalue weighted by Gasteiger charge is 2.21. The Bertz CT molecular complexity index is 602. The molecular weight excluding hydrogens is 246 g/mol. The number of nitriles is 1. The Balaban J connectivity index is 2.55. The summed E-state index contributed by atoms with van der Waals surface area (Å²) in [4.78, 5) is 15.2. The summed E-state index contributed by atoms with van der Waals surface area (Å²) < 4.78 is 0.876. The van der Waals surface area contributed by atoms with Gasteiger partial charge in [-0.25, -0.2) is 4.98 Å². The van der Waals surface area contributed by atoms with Gasteiger partial charge >= 0.3 is 0 Å². The molecule has 80 valence electrons. The molecule has 1 heterocycles. The average Bonchev–Trinajstić information content (AvgIpc) is 2.60. The van der Waals surface area contributed by atoms with Gasteiger partial charge in [-0.2, -0.15) is 5.26 Å². The fourth-order valence-electron chi connectivity index (χ4n) is 1.28. The zero-order valence-electron chi connectivity index (χ0n) is 7.98. The summed E-state index contributed by atoms with van der Waals surface area (Å²) in [5.41, 5.74) is 5.79. The maximum Gasteiger partial charge on any atom is 0.241 e. The second kappa shape index (κ2) is 4.08. The third-order valence-corrected chi connectivity index (χ3v) is 3.36. The SMILES string of the molecule is N#C[C@@H](C(N)=O)c1nc2cc(Cl)ccc2s1. The van der Waals surface area contributed by atoms with Crippen LogP contribution in [0.2, 0.25) is 5.02 Å². The Morgan fingerprint density at radius 3 is 3.00 bits per heavy atom. The molecule has 0 fully saturated rings. The molecule has 1 atom stereocenters. The predicted molar refractivity (Wildman–Crippen MR) is 62.2 cm³/mol. The highest BCUT2D eigenvalue weighted by molar-refractivity contribution is 7.18. The number of nitrogens with zero attached hydrogens (tertiary/aromatic N) is 2. The molecule has 0 aliphatic heterocycles. The molecule has 6 heteroatoms. The Kier molecular flexibility index (Phi) is 2.77. The van der Waals surface area contributed by atoms with E-state index in [0.29, 0.717) is 15.5 Å². The van der Waals surface area contributed by atoms with Crippen LogP contribution in [0.25, 0.3) is 10.2 Å². The molecule has 0 unspecified atom stereocenters. The summed E-state index contributed by atoms with van der Waals surface area (Å²) in [5.74, 6) is -1.68. The Hall–Kier alpha value is -1.64. The lowest BCUT2D eigenvalue weighted by Crippen LogP contribution is -2.19. The lowest BCUT2D eigenvalue weighted by molar-refractivity contribution is -0.118. The number of fused-ring (bicyclic) bond motifs is 1. The minimum atomic E-state index is -0.990. The molecule has 2 N–H and O–H groups in total. The molecule has 2 aromatic rings. The molecule has 2 rings (SSSR count). The molecule has 1 amide bonds. The fourth-order valence-corrected chi connectivity index (χ4v) is 2.45. The average molecular weight is 252 g/mol. The number of carbonyl (C=O) groups is 1. The number of benzene rings is 1. The van der Waals surface area contributed by atoms with E-state index < -0.39 is 11.8 Å². The second-order valence-corrected chi connectivity index (χ2v) is 4.63. The molecule has 4 nitrogen and oxygen atoms in total. The van der Waals surface area contributed by atoms with Crippen LogP contribution >= 0.6 is 22.9 Å².